The van der Waals surface area contributed by atoms with E-state index in [9.17, 15) is 4.79 Å². The second-order valence-electron chi connectivity index (χ2n) is 7.86. The number of nitrogens with zero attached hydrogens (tertiary/aromatic N) is 5. The smallest absolute Gasteiger partial charge is 0.234 e. The van der Waals surface area contributed by atoms with E-state index in [0.29, 0.717) is 13.1 Å². The van der Waals surface area contributed by atoms with Gasteiger partial charge in [-0.15, -0.1) is 0 Å². The Hall–Kier alpha value is -2.09. The first-order chi connectivity index (χ1) is 13.9. The van der Waals surface area contributed by atoms with Gasteiger partial charge in [-0.3, -0.25) is 14.4 Å². The Morgan fingerprint density at radius 1 is 1.14 bits per heavy atom. The highest BCUT2D eigenvalue weighted by molar-refractivity contribution is 5.80. The predicted molar refractivity (Wildman–Crippen MR) is 118 cm³/mol. The zero-order chi connectivity index (χ0) is 21.4. The average Bonchev–Trinajstić information content (AvgIpc) is 2.99. The summed E-state index contributed by atoms with van der Waals surface area (Å²) < 4.78 is 2.00. The van der Waals surface area contributed by atoms with Gasteiger partial charge in [0.1, 0.15) is 0 Å². The number of hydrogen-bond acceptors (Lipinski definition) is 4. The summed E-state index contributed by atoms with van der Waals surface area (Å²) >= 11 is 0. The fourth-order valence-electron chi connectivity index (χ4n) is 3.84. The Labute approximate surface area is 175 Å². The van der Waals surface area contributed by atoms with Gasteiger partial charge in [-0.2, -0.15) is 5.10 Å². The van der Waals surface area contributed by atoms with Crippen LogP contribution >= 0.6 is 0 Å². The van der Waals surface area contributed by atoms with E-state index in [4.69, 9.17) is 4.99 Å². The van der Waals surface area contributed by atoms with Gasteiger partial charge in [-0.1, -0.05) is 13.8 Å². The van der Waals surface area contributed by atoms with Crippen molar-refractivity contribution in [2.24, 2.45) is 12.0 Å². The fourth-order valence-corrected chi connectivity index (χ4v) is 3.84. The molecule has 1 fully saturated rings. The molecule has 1 aromatic rings. The minimum Gasteiger partial charge on any atom is -0.357 e. The molecule has 0 bridgehead atoms. The van der Waals surface area contributed by atoms with Crippen LogP contribution in [0.2, 0.25) is 0 Å². The highest BCUT2D eigenvalue weighted by Crippen LogP contribution is 2.17. The van der Waals surface area contributed by atoms with Crippen molar-refractivity contribution < 1.29 is 4.79 Å². The second-order valence-corrected chi connectivity index (χ2v) is 7.86. The summed E-state index contributed by atoms with van der Waals surface area (Å²) in [5.74, 6) is 1.05. The van der Waals surface area contributed by atoms with Crippen molar-refractivity contribution >= 4 is 11.9 Å². The minimum atomic E-state index is 0.102. The van der Waals surface area contributed by atoms with Gasteiger partial charge >= 0.3 is 0 Å². The first-order valence-corrected chi connectivity index (χ1v) is 11.0. The maximum atomic E-state index is 12.0. The van der Waals surface area contributed by atoms with Gasteiger partial charge in [0.25, 0.3) is 0 Å². The standard InChI is InChI=1S/C21H39N7O/c1-7-18-17(19(8-2)26(6)25-18)14-23-21(22-9-3)28-12-10-27(11-13-28)15-20(29)24-16(4)5/h16H,7-15H2,1-6H3,(H,22,23)(H,24,29). The number of carbonyl (C=O) groups excluding carboxylic acids is 1. The number of amides is 1. The number of hydrogen-bond donors (Lipinski definition) is 2. The van der Waals surface area contributed by atoms with Crippen LogP contribution in [0.15, 0.2) is 4.99 Å². The molecule has 0 saturated carbocycles. The highest BCUT2D eigenvalue weighted by Gasteiger charge is 2.22. The zero-order valence-corrected chi connectivity index (χ0v) is 19.1. The molecule has 164 valence electrons. The number of carbonyl (C=O) groups is 1. The molecule has 1 aliphatic rings. The Morgan fingerprint density at radius 3 is 2.38 bits per heavy atom. The number of piperazine rings is 1. The molecule has 1 amide bonds. The lowest BCUT2D eigenvalue weighted by Crippen LogP contribution is -2.54. The Balaban J connectivity index is 2.01. The summed E-state index contributed by atoms with van der Waals surface area (Å²) in [5, 5.41) is 11.1. The number of aromatic nitrogens is 2. The molecule has 2 N–H and O–H groups in total. The molecular formula is C21H39N7O. The third-order valence-corrected chi connectivity index (χ3v) is 5.24. The largest absolute Gasteiger partial charge is 0.357 e. The van der Waals surface area contributed by atoms with Gasteiger partial charge in [-0.25, -0.2) is 4.99 Å². The number of nitrogens with one attached hydrogen (secondary N) is 2. The van der Waals surface area contributed by atoms with Crippen molar-refractivity contribution in [3.63, 3.8) is 0 Å². The molecule has 8 heteroatoms. The Bertz CT molecular complexity index is 687. The molecular weight excluding hydrogens is 366 g/mol. The van der Waals surface area contributed by atoms with E-state index in [0.717, 1.165) is 57.2 Å². The van der Waals surface area contributed by atoms with E-state index in [2.05, 4.69) is 46.3 Å². The van der Waals surface area contributed by atoms with Crippen molar-refractivity contribution in [2.45, 2.75) is 60.0 Å². The van der Waals surface area contributed by atoms with Crippen molar-refractivity contribution in [2.75, 3.05) is 39.3 Å². The number of aryl methyl sites for hydroxylation is 2. The normalized spacial score (nSPS) is 15.8. The van der Waals surface area contributed by atoms with Crippen molar-refractivity contribution in [3.8, 4) is 0 Å². The summed E-state index contributed by atoms with van der Waals surface area (Å²) in [7, 11) is 2.02. The lowest BCUT2D eigenvalue weighted by atomic mass is 10.1. The lowest BCUT2D eigenvalue weighted by Gasteiger charge is -2.36. The molecule has 0 radical (unpaired) electrons. The molecule has 1 saturated heterocycles. The van der Waals surface area contributed by atoms with Crippen LogP contribution in [0.1, 0.15) is 51.6 Å². The maximum Gasteiger partial charge on any atom is 0.234 e. The SMILES string of the molecule is CCNC(=NCc1c(CC)nn(C)c1CC)N1CCN(CC(=O)NC(C)C)CC1. The minimum absolute atomic E-state index is 0.102. The van der Waals surface area contributed by atoms with Crippen molar-refractivity contribution in [1.29, 1.82) is 0 Å². The van der Waals surface area contributed by atoms with Crippen LogP contribution in [-0.4, -0.2) is 76.8 Å². The Kier molecular flexibility index (Phi) is 8.95. The molecule has 0 unspecified atom stereocenters. The predicted octanol–water partition coefficient (Wildman–Crippen LogP) is 1.15. The van der Waals surface area contributed by atoms with E-state index in [-0.39, 0.29) is 11.9 Å². The van der Waals surface area contributed by atoms with Crippen molar-refractivity contribution in [1.82, 2.24) is 30.2 Å². The summed E-state index contributed by atoms with van der Waals surface area (Å²) in [6.45, 7) is 15.8. The van der Waals surface area contributed by atoms with E-state index in [1.54, 1.807) is 0 Å². The highest BCUT2D eigenvalue weighted by atomic mass is 16.2. The van der Waals surface area contributed by atoms with Crippen molar-refractivity contribution in [3.05, 3.63) is 17.0 Å². The molecule has 1 aromatic heterocycles. The third-order valence-electron chi connectivity index (χ3n) is 5.24. The van der Waals surface area contributed by atoms with Gasteiger partial charge in [-0.05, 0) is 33.6 Å². The van der Waals surface area contributed by atoms with Gasteiger partial charge in [0.05, 0.1) is 18.8 Å². The third kappa shape index (κ3) is 6.45. The van der Waals surface area contributed by atoms with Crippen LogP contribution in [0.25, 0.3) is 0 Å². The van der Waals surface area contributed by atoms with Crippen LogP contribution in [0.5, 0.6) is 0 Å². The average molecular weight is 406 g/mol. The monoisotopic (exact) mass is 405 g/mol. The summed E-state index contributed by atoms with van der Waals surface area (Å²) in [4.78, 5) is 21.5. The summed E-state index contributed by atoms with van der Waals surface area (Å²) in [5.41, 5.74) is 3.67. The van der Waals surface area contributed by atoms with E-state index in [1.807, 2.05) is 25.6 Å². The van der Waals surface area contributed by atoms with Gasteiger partial charge in [0.2, 0.25) is 5.91 Å². The van der Waals surface area contributed by atoms with Gasteiger partial charge in [0.15, 0.2) is 5.96 Å². The van der Waals surface area contributed by atoms with Crippen LogP contribution in [0.3, 0.4) is 0 Å². The fraction of sp³-hybridized carbons (Fsp3) is 0.762. The molecule has 0 aromatic carbocycles. The van der Waals surface area contributed by atoms with Gasteiger partial charge < -0.3 is 15.5 Å². The van der Waals surface area contributed by atoms with Crippen LogP contribution in [-0.2, 0) is 31.2 Å². The first kappa shape index (κ1) is 23.2. The van der Waals surface area contributed by atoms with Crippen LogP contribution in [0.4, 0.5) is 0 Å². The van der Waals surface area contributed by atoms with Gasteiger partial charge in [0, 0.05) is 57.1 Å². The van der Waals surface area contributed by atoms with Crippen LogP contribution < -0.4 is 10.6 Å². The lowest BCUT2D eigenvalue weighted by molar-refractivity contribution is -0.123. The molecule has 8 nitrogen and oxygen atoms in total. The first-order valence-electron chi connectivity index (χ1n) is 11.0. The molecule has 29 heavy (non-hydrogen) atoms. The summed E-state index contributed by atoms with van der Waals surface area (Å²) in [6.07, 6.45) is 1.88. The zero-order valence-electron chi connectivity index (χ0n) is 19.1. The maximum absolute atomic E-state index is 12.0. The summed E-state index contributed by atoms with van der Waals surface area (Å²) in [6, 6.07) is 0.185. The number of guanidine groups is 1. The quantitative estimate of drug-likeness (QED) is 0.501. The van der Waals surface area contributed by atoms with E-state index >= 15 is 0 Å². The Morgan fingerprint density at radius 2 is 1.83 bits per heavy atom. The second kappa shape index (κ2) is 11.2. The number of aliphatic imine (C=N–C) groups is 1. The topological polar surface area (TPSA) is 77.8 Å². The molecule has 0 aliphatic carbocycles. The molecule has 1 aliphatic heterocycles. The molecule has 0 atom stereocenters. The van der Waals surface area contributed by atoms with E-state index in [1.165, 1.54) is 11.3 Å². The van der Waals surface area contributed by atoms with E-state index < -0.39 is 0 Å². The number of rotatable bonds is 8. The molecule has 2 rings (SSSR count). The molecule has 0 spiro atoms. The van der Waals surface area contributed by atoms with Crippen LogP contribution in [0, 0.1) is 0 Å². The molecule has 2 heterocycles.